The van der Waals surface area contributed by atoms with Crippen molar-refractivity contribution in [2.75, 3.05) is 0 Å². The van der Waals surface area contributed by atoms with Crippen LogP contribution in [0.2, 0.25) is 0 Å². The van der Waals surface area contributed by atoms with E-state index in [1.807, 2.05) is 18.2 Å². The van der Waals surface area contributed by atoms with E-state index in [9.17, 15) is 0 Å². The Balaban J connectivity index is 3.37. The Morgan fingerprint density at radius 1 is 1.05 bits per heavy atom. The van der Waals surface area contributed by atoms with E-state index in [0.29, 0.717) is 0 Å². The first-order valence-corrected chi connectivity index (χ1v) is 7.33. The third kappa shape index (κ3) is 3.84. The van der Waals surface area contributed by atoms with Gasteiger partial charge in [0.25, 0.3) is 0 Å². The van der Waals surface area contributed by atoms with Gasteiger partial charge in [0.1, 0.15) is 0 Å². The fraction of sp³-hybridized carbons (Fsp3) is 0.300. The predicted molar refractivity (Wildman–Crippen MR) is 91.7 cm³/mol. The quantitative estimate of drug-likeness (QED) is 0.500. The van der Waals surface area contributed by atoms with Crippen LogP contribution in [0.4, 0.5) is 0 Å². The van der Waals surface area contributed by atoms with Crippen molar-refractivity contribution >= 4 is 0 Å². The summed E-state index contributed by atoms with van der Waals surface area (Å²) in [6, 6.07) is 0. The lowest BCUT2D eigenvalue weighted by atomic mass is 9.93. The summed E-state index contributed by atoms with van der Waals surface area (Å²) in [6.07, 6.45) is 18.0. The van der Waals surface area contributed by atoms with E-state index in [1.165, 1.54) is 34.3 Å². The van der Waals surface area contributed by atoms with Gasteiger partial charge in [-0.1, -0.05) is 55.7 Å². The van der Waals surface area contributed by atoms with Crippen LogP contribution in [0.25, 0.3) is 0 Å². The van der Waals surface area contributed by atoms with Gasteiger partial charge in [-0.15, -0.1) is 0 Å². The molecular weight excluding hydrogens is 240 g/mol. The van der Waals surface area contributed by atoms with Crippen molar-refractivity contribution in [2.24, 2.45) is 0 Å². The Morgan fingerprint density at radius 2 is 1.75 bits per heavy atom. The average molecular weight is 266 g/mol. The van der Waals surface area contributed by atoms with E-state index >= 15 is 0 Å². The Labute approximate surface area is 124 Å². The molecule has 106 valence electrons. The minimum Gasteiger partial charge on any atom is -0.0991 e. The Bertz CT molecular complexity index is 516. The molecule has 0 unspecified atom stereocenters. The van der Waals surface area contributed by atoms with Crippen LogP contribution in [-0.4, -0.2) is 0 Å². The van der Waals surface area contributed by atoms with E-state index in [2.05, 4.69) is 58.2 Å². The molecular formula is C20H26. The molecule has 0 heterocycles. The molecule has 20 heavy (non-hydrogen) atoms. The van der Waals surface area contributed by atoms with Gasteiger partial charge in [0.15, 0.2) is 0 Å². The Kier molecular flexibility index (Phi) is 6.79. The van der Waals surface area contributed by atoms with Crippen LogP contribution in [0.5, 0.6) is 0 Å². The van der Waals surface area contributed by atoms with Crippen molar-refractivity contribution in [3.05, 3.63) is 83.6 Å². The molecule has 0 aromatic rings. The predicted octanol–water partition coefficient (Wildman–Crippen LogP) is 6.23. The SMILES string of the molecule is C=C/C=C\C(=C/C)C1=C(C(/C=C\C)=C(\C)C=C)CCC1. The van der Waals surface area contributed by atoms with Crippen molar-refractivity contribution in [3.8, 4) is 0 Å². The van der Waals surface area contributed by atoms with E-state index < -0.39 is 0 Å². The molecule has 0 saturated heterocycles. The summed E-state index contributed by atoms with van der Waals surface area (Å²) in [7, 11) is 0. The fourth-order valence-electron chi connectivity index (χ4n) is 2.65. The molecule has 1 rings (SSSR count). The highest BCUT2D eigenvalue weighted by Crippen LogP contribution is 2.37. The molecule has 0 heteroatoms. The molecule has 0 bridgehead atoms. The summed E-state index contributed by atoms with van der Waals surface area (Å²) < 4.78 is 0. The fourth-order valence-corrected chi connectivity index (χ4v) is 2.65. The largest absolute Gasteiger partial charge is 0.0991 e. The molecule has 0 aromatic carbocycles. The Hall–Kier alpha value is -1.82. The maximum atomic E-state index is 3.92. The highest BCUT2D eigenvalue weighted by Gasteiger charge is 2.19. The molecule has 1 aliphatic carbocycles. The average Bonchev–Trinajstić information content (AvgIpc) is 2.94. The second kappa shape index (κ2) is 8.37. The molecule has 1 aliphatic rings. The van der Waals surface area contributed by atoms with Crippen LogP contribution >= 0.6 is 0 Å². The molecule has 0 atom stereocenters. The summed E-state index contributed by atoms with van der Waals surface area (Å²) in [6.45, 7) is 14.0. The van der Waals surface area contributed by atoms with Crippen LogP contribution in [0.3, 0.4) is 0 Å². The third-order valence-electron chi connectivity index (χ3n) is 3.68. The zero-order valence-corrected chi connectivity index (χ0v) is 13.1. The standard InChI is InChI=1S/C20H26/c1-6-10-13-17(9-4)19-14-11-15-20(19)18(12-7-2)16(5)8-3/h6-10,12-13H,1,3,11,14-15H2,2,4-5H3/b12-7-,13-10-,17-9+,18-16+. The second-order valence-corrected chi connectivity index (χ2v) is 4.95. The minimum absolute atomic E-state index is 1.15. The maximum Gasteiger partial charge on any atom is -0.0196 e. The molecule has 0 aromatic heterocycles. The molecule has 0 fully saturated rings. The summed E-state index contributed by atoms with van der Waals surface area (Å²) in [5, 5.41) is 0. The number of allylic oxidation sites excluding steroid dienone is 12. The first-order chi connectivity index (χ1) is 9.69. The van der Waals surface area contributed by atoms with Crippen LogP contribution in [0.1, 0.15) is 40.0 Å². The first kappa shape index (κ1) is 16.2. The number of rotatable bonds is 6. The van der Waals surface area contributed by atoms with Gasteiger partial charge < -0.3 is 0 Å². The van der Waals surface area contributed by atoms with Gasteiger partial charge in [-0.3, -0.25) is 0 Å². The van der Waals surface area contributed by atoms with Crippen molar-refractivity contribution in [1.29, 1.82) is 0 Å². The monoisotopic (exact) mass is 266 g/mol. The van der Waals surface area contributed by atoms with Gasteiger partial charge in [0.05, 0.1) is 0 Å². The molecule has 0 spiro atoms. The van der Waals surface area contributed by atoms with Crippen LogP contribution in [0.15, 0.2) is 83.6 Å². The second-order valence-electron chi connectivity index (χ2n) is 4.95. The first-order valence-electron chi connectivity index (χ1n) is 7.33. The minimum atomic E-state index is 1.15. The molecule has 0 aliphatic heterocycles. The van der Waals surface area contributed by atoms with Gasteiger partial charge in [-0.05, 0) is 67.9 Å². The van der Waals surface area contributed by atoms with Gasteiger partial charge >= 0.3 is 0 Å². The highest BCUT2D eigenvalue weighted by molar-refractivity contribution is 5.56. The lowest BCUT2D eigenvalue weighted by Gasteiger charge is -2.12. The van der Waals surface area contributed by atoms with Gasteiger partial charge in [-0.25, -0.2) is 0 Å². The summed E-state index contributed by atoms with van der Waals surface area (Å²) in [5.74, 6) is 0. The van der Waals surface area contributed by atoms with Crippen LogP contribution in [0, 0.1) is 0 Å². The summed E-state index contributed by atoms with van der Waals surface area (Å²) >= 11 is 0. The highest BCUT2D eigenvalue weighted by atomic mass is 14.2. The van der Waals surface area contributed by atoms with E-state index in [4.69, 9.17) is 0 Å². The van der Waals surface area contributed by atoms with Gasteiger partial charge in [0, 0.05) is 0 Å². The smallest absolute Gasteiger partial charge is 0.0196 e. The lowest BCUT2D eigenvalue weighted by Crippen LogP contribution is -1.93. The topological polar surface area (TPSA) is 0 Å². The van der Waals surface area contributed by atoms with Gasteiger partial charge in [-0.2, -0.15) is 0 Å². The zero-order chi connectivity index (χ0) is 15.0. The van der Waals surface area contributed by atoms with Crippen molar-refractivity contribution < 1.29 is 0 Å². The van der Waals surface area contributed by atoms with Crippen molar-refractivity contribution in [2.45, 2.75) is 40.0 Å². The molecule has 0 amide bonds. The van der Waals surface area contributed by atoms with E-state index in [1.54, 1.807) is 0 Å². The van der Waals surface area contributed by atoms with Gasteiger partial charge in [0.2, 0.25) is 0 Å². The Morgan fingerprint density at radius 3 is 2.30 bits per heavy atom. The maximum absolute atomic E-state index is 3.92. The number of hydrogen-bond donors (Lipinski definition) is 0. The van der Waals surface area contributed by atoms with Crippen molar-refractivity contribution in [3.63, 3.8) is 0 Å². The molecule has 0 nitrogen and oxygen atoms in total. The third-order valence-corrected chi connectivity index (χ3v) is 3.68. The number of hydrogen-bond acceptors (Lipinski definition) is 0. The van der Waals surface area contributed by atoms with E-state index in [0.717, 1.165) is 12.8 Å². The lowest BCUT2D eigenvalue weighted by molar-refractivity contribution is 0.899. The van der Waals surface area contributed by atoms with E-state index in [-0.39, 0.29) is 0 Å². The molecule has 0 radical (unpaired) electrons. The molecule has 0 N–H and O–H groups in total. The van der Waals surface area contributed by atoms with Crippen molar-refractivity contribution in [1.82, 2.24) is 0 Å². The summed E-state index contributed by atoms with van der Waals surface area (Å²) in [5.41, 5.74) is 6.85. The normalized spacial score (nSPS) is 18.1. The van der Waals surface area contributed by atoms with Crippen LogP contribution < -0.4 is 0 Å². The molecule has 0 saturated carbocycles. The summed E-state index contributed by atoms with van der Waals surface area (Å²) in [4.78, 5) is 0. The van der Waals surface area contributed by atoms with Crippen LogP contribution in [-0.2, 0) is 0 Å². The zero-order valence-electron chi connectivity index (χ0n) is 13.1.